The van der Waals surface area contributed by atoms with Crippen molar-refractivity contribution in [3.8, 4) is 0 Å². The molecule has 2 atom stereocenters. The maximum absolute atomic E-state index is 12.7. The summed E-state index contributed by atoms with van der Waals surface area (Å²) in [6, 6.07) is 7.01. The van der Waals surface area contributed by atoms with Gasteiger partial charge in [-0.15, -0.1) is 0 Å². The van der Waals surface area contributed by atoms with Gasteiger partial charge in [0.15, 0.2) is 11.5 Å². The molecule has 2 aromatic rings. The van der Waals surface area contributed by atoms with Crippen LogP contribution in [0.5, 0.6) is 0 Å². The summed E-state index contributed by atoms with van der Waals surface area (Å²) in [7, 11) is 2.23. The number of para-hydroxylation sites is 1. The number of nitrogens with one attached hydrogen (secondary N) is 1. The topological polar surface area (TPSA) is 58.4 Å². The Morgan fingerprint density at radius 1 is 1.30 bits per heavy atom. The minimum Gasteiger partial charge on any atom is -0.441 e. The largest absolute Gasteiger partial charge is 0.441 e. The van der Waals surface area contributed by atoms with E-state index in [4.69, 9.17) is 4.42 Å². The van der Waals surface area contributed by atoms with Crippen LogP contribution < -0.4 is 5.32 Å². The average molecular weight is 313 g/mol. The first-order valence-corrected chi connectivity index (χ1v) is 8.51. The number of carbonyl (C=O) groups excluding carboxylic acids is 1. The van der Waals surface area contributed by atoms with Gasteiger partial charge in [0, 0.05) is 25.0 Å². The van der Waals surface area contributed by atoms with Gasteiger partial charge in [-0.1, -0.05) is 12.5 Å². The lowest BCUT2D eigenvalue weighted by Gasteiger charge is -2.47. The van der Waals surface area contributed by atoms with Crippen molar-refractivity contribution in [3.05, 3.63) is 29.7 Å². The Morgan fingerprint density at radius 3 is 2.78 bits per heavy atom. The first-order chi connectivity index (χ1) is 11.1. The van der Waals surface area contributed by atoms with E-state index in [1.54, 1.807) is 6.92 Å². The molecule has 0 spiro atoms. The van der Waals surface area contributed by atoms with E-state index in [1.807, 2.05) is 18.2 Å². The number of aryl methyl sites for hydroxylation is 1. The number of hydrogen-bond acceptors (Lipinski definition) is 4. The number of benzene rings is 1. The molecule has 4 rings (SSSR count). The molecular weight excluding hydrogens is 290 g/mol. The lowest BCUT2D eigenvalue weighted by atomic mass is 9.82. The second kappa shape index (κ2) is 5.64. The van der Waals surface area contributed by atoms with Gasteiger partial charge in [-0.25, -0.2) is 4.98 Å². The maximum Gasteiger partial charge on any atom is 0.253 e. The zero-order valence-corrected chi connectivity index (χ0v) is 13.7. The molecule has 3 heterocycles. The lowest BCUT2D eigenvalue weighted by molar-refractivity contribution is 0.0463. The maximum atomic E-state index is 12.7. The van der Waals surface area contributed by atoms with Crippen LogP contribution in [-0.4, -0.2) is 41.0 Å². The van der Waals surface area contributed by atoms with Gasteiger partial charge >= 0.3 is 0 Å². The molecule has 0 aliphatic carbocycles. The predicted molar refractivity (Wildman–Crippen MR) is 88.4 cm³/mol. The summed E-state index contributed by atoms with van der Waals surface area (Å²) < 4.78 is 5.53. The smallest absolute Gasteiger partial charge is 0.253 e. The molecule has 1 amide bonds. The van der Waals surface area contributed by atoms with E-state index in [-0.39, 0.29) is 11.9 Å². The number of oxazole rings is 1. The molecule has 2 unspecified atom stereocenters. The number of hydrogen-bond donors (Lipinski definition) is 1. The average Bonchev–Trinajstić information content (AvgIpc) is 2.88. The Bertz CT molecular complexity index is 725. The molecule has 1 N–H and O–H groups in total. The lowest BCUT2D eigenvalue weighted by Crippen LogP contribution is -2.55. The summed E-state index contributed by atoms with van der Waals surface area (Å²) in [5.41, 5.74) is 1.95. The molecule has 2 aliphatic heterocycles. The Hall–Kier alpha value is -1.88. The Kier molecular flexibility index (Phi) is 3.60. The number of aromatic nitrogens is 1. The molecule has 5 heteroatoms. The van der Waals surface area contributed by atoms with Gasteiger partial charge in [-0.3, -0.25) is 4.79 Å². The van der Waals surface area contributed by atoms with E-state index in [1.165, 1.54) is 19.3 Å². The molecule has 2 bridgehead atoms. The molecule has 23 heavy (non-hydrogen) atoms. The molecule has 0 radical (unpaired) electrons. The number of fused-ring (bicyclic) bond motifs is 3. The molecule has 5 nitrogen and oxygen atoms in total. The van der Waals surface area contributed by atoms with Crippen LogP contribution in [0.3, 0.4) is 0 Å². The summed E-state index contributed by atoms with van der Waals surface area (Å²) >= 11 is 0. The van der Waals surface area contributed by atoms with E-state index >= 15 is 0 Å². The van der Waals surface area contributed by atoms with Crippen LogP contribution in [0.4, 0.5) is 0 Å². The molecular formula is C18H23N3O2. The van der Waals surface area contributed by atoms with E-state index in [0.717, 1.165) is 12.8 Å². The van der Waals surface area contributed by atoms with Gasteiger partial charge < -0.3 is 14.6 Å². The van der Waals surface area contributed by atoms with Crippen molar-refractivity contribution in [2.75, 3.05) is 7.05 Å². The third-order valence-electron chi connectivity index (χ3n) is 5.45. The molecule has 1 aromatic carbocycles. The standard InChI is InChI=1S/C18H23N3O2/c1-11-19-17-15(7-4-8-16(17)23-11)18(22)20-12-9-13-5-3-6-14(10-12)21(13)2/h4,7-8,12-14H,3,5-6,9-10H2,1-2H3,(H,20,22). The fourth-order valence-electron chi connectivity index (χ4n) is 4.24. The number of carbonyl (C=O) groups is 1. The van der Waals surface area contributed by atoms with E-state index in [9.17, 15) is 4.79 Å². The van der Waals surface area contributed by atoms with Crippen LogP contribution in [0.15, 0.2) is 22.6 Å². The third-order valence-corrected chi connectivity index (χ3v) is 5.45. The normalized spacial score (nSPS) is 28.0. The second-order valence-electron chi connectivity index (χ2n) is 6.93. The van der Waals surface area contributed by atoms with Crippen molar-refractivity contribution < 1.29 is 9.21 Å². The summed E-state index contributed by atoms with van der Waals surface area (Å²) in [5.74, 6) is 0.561. The number of amides is 1. The van der Waals surface area contributed by atoms with Gasteiger partial charge in [-0.2, -0.15) is 0 Å². The Balaban J connectivity index is 1.53. The summed E-state index contributed by atoms with van der Waals surface area (Å²) in [4.78, 5) is 19.6. The number of piperidine rings is 2. The molecule has 2 aliphatic rings. The summed E-state index contributed by atoms with van der Waals surface area (Å²) in [6.07, 6.45) is 5.91. The van der Waals surface area contributed by atoms with Crippen LogP contribution in [0, 0.1) is 6.92 Å². The van der Waals surface area contributed by atoms with E-state index in [2.05, 4.69) is 22.2 Å². The molecule has 0 saturated carbocycles. The SMILES string of the molecule is Cc1nc2c(C(=O)NC3CC4CCCC(C3)N4C)cccc2o1. The first-order valence-electron chi connectivity index (χ1n) is 8.51. The monoisotopic (exact) mass is 313 g/mol. The van der Waals surface area contributed by atoms with Gasteiger partial charge in [-0.05, 0) is 44.9 Å². The summed E-state index contributed by atoms with van der Waals surface area (Å²) in [5, 5.41) is 3.24. The third kappa shape index (κ3) is 2.63. The minimum atomic E-state index is -0.0310. The van der Waals surface area contributed by atoms with Crippen molar-refractivity contribution >= 4 is 17.0 Å². The highest BCUT2D eigenvalue weighted by atomic mass is 16.3. The van der Waals surface area contributed by atoms with Crippen molar-refractivity contribution in [1.82, 2.24) is 15.2 Å². The predicted octanol–water partition coefficient (Wildman–Crippen LogP) is 2.88. The van der Waals surface area contributed by atoms with Gasteiger partial charge in [0.25, 0.3) is 5.91 Å². The van der Waals surface area contributed by atoms with Crippen LogP contribution in [-0.2, 0) is 0 Å². The van der Waals surface area contributed by atoms with Crippen LogP contribution in [0.1, 0.15) is 48.4 Å². The number of nitrogens with zero attached hydrogens (tertiary/aromatic N) is 2. The Morgan fingerprint density at radius 2 is 2.04 bits per heavy atom. The zero-order valence-electron chi connectivity index (χ0n) is 13.7. The molecule has 2 fully saturated rings. The minimum absolute atomic E-state index is 0.0310. The second-order valence-corrected chi connectivity index (χ2v) is 6.93. The first kappa shape index (κ1) is 14.7. The molecule has 2 saturated heterocycles. The van der Waals surface area contributed by atoms with Gasteiger partial charge in [0.2, 0.25) is 0 Å². The fraction of sp³-hybridized carbons (Fsp3) is 0.556. The van der Waals surface area contributed by atoms with Crippen molar-refractivity contribution in [3.63, 3.8) is 0 Å². The van der Waals surface area contributed by atoms with Crippen LogP contribution in [0.25, 0.3) is 11.1 Å². The summed E-state index contributed by atoms with van der Waals surface area (Å²) in [6.45, 7) is 1.81. The van der Waals surface area contributed by atoms with Crippen LogP contribution in [0.2, 0.25) is 0 Å². The van der Waals surface area contributed by atoms with Crippen molar-refractivity contribution in [2.24, 2.45) is 0 Å². The number of rotatable bonds is 2. The highest BCUT2D eigenvalue weighted by Gasteiger charge is 2.36. The molecule has 122 valence electrons. The van der Waals surface area contributed by atoms with Crippen molar-refractivity contribution in [1.29, 1.82) is 0 Å². The Labute approximate surface area is 136 Å². The van der Waals surface area contributed by atoms with Crippen molar-refractivity contribution in [2.45, 2.75) is 57.2 Å². The highest BCUT2D eigenvalue weighted by molar-refractivity contribution is 6.04. The van der Waals surface area contributed by atoms with Gasteiger partial charge in [0.05, 0.1) is 5.56 Å². The van der Waals surface area contributed by atoms with Crippen LogP contribution >= 0.6 is 0 Å². The van der Waals surface area contributed by atoms with Gasteiger partial charge in [0.1, 0.15) is 5.52 Å². The fourth-order valence-corrected chi connectivity index (χ4v) is 4.24. The zero-order chi connectivity index (χ0) is 16.0. The van der Waals surface area contributed by atoms with E-state index in [0.29, 0.717) is 34.6 Å². The highest BCUT2D eigenvalue weighted by Crippen LogP contribution is 2.32. The quantitative estimate of drug-likeness (QED) is 0.926. The van der Waals surface area contributed by atoms with E-state index < -0.39 is 0 Å². The molecule has 1 aromatic heterocycles.